The Labute approximate surface area is 35.6 Å². The van der Waals surface area contributed by atoms with E-state index in [0.29, 0.717) is 10.5 Å². The van der Waals surface area contributed by atoms with E-state index in [1.54, 1.807) is 0 Å². The van der Waals surface area contributed by atoms with Crippen LogP contribution in [0, 0.1) is 0 Å². The molecule has 0 bridgehead atoms. The van der Waals surface area contributed by atoms with Gasteiger partial charge in [-0.15, -0.1) is 0 Å². The Balaban J connectivity index is 2.54. The van der Waals surface area contributed by atoms with Gasteiger partial charge >= 0.3 is 9.37 Å². The topological polar surface area (TPSA) is 9.23 Å². The lowest BCUT2D eigenvalue weighted by atomic mass is 11.9. The van der Waals surface area contributed by atoms with Crippen molar-refractivity contribution < 1.29 is 8.22 Å². The molecule has 0 saturated heterocycles. The zero-order chi connectivity index (χ0) is 4.28. The average molecular weight is 110 g/mol. The van der Waals surface area contributed by atoms with Crippen LogP contribution >= 0.6 is 0 Å². The molecule has 0 radical (unpaired) electrons. The van der Waals surface area contributed by atoms with Crippen LogP contribution in [0.4, 0.5) is 4.11 Å². The second-order valence-electron chi connectivity index (χ2n) is 0.779. The van der Waals surface area contributed by atoms with E-state index in [0.717, 1.165) is 0 Å². The van der Waals surface area contributed by atoms with E-state index in [-0.39, 0.29) is 0 Å². The van der Waals surface area contributed by atoms with Crippen molar-refractivity contribution in [3.63, 3.8) is 0 Å². The number of hydrogen-bond acceptors (Lipinski definition) is 1. The number of halogens is 1. The molecule has 0 aliphatic rings. The fraction of sp³-hybridized carbons (Fsp3) is 1.00. The maximum absolute atomic E-state index is 11.4. The molecule has 0 aliphatic heterocycles. The predicted molar refractivity (Wildman–Crippen MR) is 25.1 cm³/mol. The van der Waals surface area contributed by atoms with Crippen LogP contribution < -0.4 is 0 Å². The van der Waals surface area contributed by atoms with Crippen molar-refractivity contribution in [3.05, 3.63) is 0 Å². The summed E-state index contributed by atoms with van der Waals surface area (Å²) in [5.41, 5.74) is 0. The molecule has 5 heavy (non-hydrogen) atoms. The minimum Gasteiger partial charge on any atom is -0.444 e. The van der Waals surface area contributed by atoms with E-state index in [1.165, 1.54) is 6.55 Å². The zero-order valence-electron chi connectivity index (χ0n) is 3.36. The third-order valence-corrected chi connectivity index (χ3v) is 2.92. The van der Waals surface area contributed by atoms with Crippen molar-refractivity contribution in [1.82, 2.24) is 0 Å². The van der Waals surface area contributed by atoms with Gasteiger partial charge in [-0.05, 0) is 6.55 Å². The van der Waals surface area contributed by atoms with Crippen LogP contribution in [0.5, 0.6) is 0 Å². The predicted octanol–water partition coefficient (Wildman–Crippen LogP) is -0.897. The van der Waals surface area contributed by atoms with Crippen molar-refractivity contribution in [2.45, 2.75) is 6.55 Å². The van der Waals surface area contributed by atoms with Gasteiger partial charge in [0.1, 0.15) is 10.5 Å². The monoisotopic (exact) mass is 110 g/mol. The smallest absolute Gasteiger partial charge is 0.355 e. The van der Waals surface area contributed by atoms with Crippen LogP contribution in [0.1, 0.15) is 0 Å². The molecule has 4 heteroatoms. The van der Waals surface area contributed by atoms with Gasteiger partial charge in [0.05, 0.1) is 0 Å². The molecule has 0 fully saturated rings. The standard InChI is InChI=1S/CH7FOSi2/c1-5(2)3-4/h5H,1,4H3. The fourth-order valence-corrected chi connectivity index (χ4v) is 0. The molecule has 0 aliphatic carbocycles. The largest absolute Gasteiger partial charge is 0.444 e. The summed E-state index contributed by atoms with van der Waals surface area (Å²) in [6, 6.07) is 0. The highest BCUT2D eigenvalue weighted by molar-refractivity contribution is 6.46. The van der Waals surface area contributed by atoms with Crippen molar-refractivity contribution in [2.24, 2.45) is 0 Å². The van der Waals surface area contributed by atoms with Crippen LogP contribution in [0.3, 0.4) is 0 Å². The van der Waals surface area contributed by atoms with Crippen LogP contribution in [-0.2, 0) is 4.12 Å². The number of rotatable bonds is 1. The summed E-state index contributed by atoms with van der Waals surface area (Å²) in [6.07, 6.45) is 0. The van der Waals surface area contributed by atoms with E-state index in [4.69, 9.17) is 0 Å². The molecule has 32 valence electrons. The Bertz CT molecular complexity index is 23.6. The molecule has 1 unspecified atom stereocenters. The van der Waals surface area contributed by atoms with Crippen molar-refractivity contribution in [3.8, 4) is 0 Å². The first-order chi connectivity index (χ1) is 2.27. The third-order valence-electron chi connectivity index (χ3n) is 0.325. The average Bonchev–Trinajstić information content (AvgIpc) is 1.38. The summed E-state index contributed by atoms with van der Waals surface area (Å²) >= 11 is 0. The highest BCUT2D eigenvalue weighted by Crippen LogP contribution is 1.76. The molecule has 0 amide bonds. The minimum atomic E-state index is -2.09. The molecule has 0 aromatic carbocycles. The Morgan fingerprint density at radius 1 is 2.00 bits per heavy atom. The Morgan fingerprint density at radius 2 is 2.20 bits per heavy atom. The Morgan fingerprint density at radius 3 is 2.20 bits per heavy atom. The second-order valence-corrected chi connectivity index (χ2v) is 3.75. The normalized spacial score (nSPS) is 15.6. The maximum Gasteiger partial charge on any atom is 0.355 e. The number of hydrogen-bond donors (Lipinski definition) is 0. The molecule has 1 nitrogen and oxygen atoms in total. The van der Waals surface area contributed by atoms with Gasteiger partial charge < -0.3 is 4.12 Å². The molecule has 1 atom stereocenters. The quantitative estimate of drug-likeness (QED) is 0.314. The first-order valence-corrected chi connectivity index (χ1v) is 4.32. The van der Waals surface area contributed by atoms with E-state index in [2.05, 4.69) is 4.12 Å². The molecule has 0 aromatic rings. The molecule has 0 rings (SSSR count). The van der Waals surface area contributed by atoms with Crippen molar-refractivity contribution >= 4 is 19.9 Å². The molecule has 0 N–H and O–H groups in total. The first-order valence-electron chi connectivity index (χ1n) is 1.44. The van der Waals surface area contributed by atoms with Crippen LogP contribution in [0.2, 0.25) is 6.55 Å². The molecule has 0 spiro atoms. The lowest BCUT2D eigenvalue weighted by Crippen LogP contribution is -2.00. The van der Waals surface area contributed by atoms with E-state index >= 15 is 0 Å². The second kappa shape index (κ2) is 2.56. The Hall–Kier alpha value is 0.324. The van der Waals surface area contributed by atoms with Crippen molar-refractivity contribution in [2.75, 3.05) is 0 Å². The molecule has 0 saturated carbocycles. The third kappa shape index (κ3) is 4.32. The fourth-order valence-electron chi connectivity index (χ4n) is 0. The Kier molecular flexibility index (Phi) is 2.72. The molecular weight excluding hydrogens is 103 g/mol. The van der Waals surface area contributed by atoms with E-state index < -0.39 is 9.37 Å². The van der Waals surface area contributed by atoms with Gasteiger partial charge in [0.15, 0.2) is 0 Å². The lowest BCUT2D eigenvalue weighted by molar-refractivity contribution is 0.553. The summed E-state index contributed by atoms with van der Waals surface area (Å²) in [5.74, 6) is 0. The summed E-state index contributed by atoms with van der Waals surface area (Å²) in [4.78, 5) is 0. The van der Waals surface area contributed by atoms with Crippen LogP contribution in [-0.4, -0.2) is 19.9 Å². The molecular formula is CH7FOSi2. The summed E-state index contributed by atoms with van der Waals surface area (Å²) in [6.45, 7) is 1.51. The first kappa shape index (κ1) is 5.32. The van der Waals surface area contributed by atoms with E-state index in [1.807, 2.05) is 0 Å². The minimum absolute atomic E-state index is 0.560. The summed E-state index contributed by atoms with van der Waals surface area (Å²) in [7, 11) is -1.53. The summed E-state index contributed by atoms with van der Waals surface area (Å²) < 4.78 is 15.7. The summed E-state index contributed by atoms with van der Waals surface area (Å²) in [5, 5.41) is 0. The van der Waals surface area contributed by atoms with Gasteiger partial charge in [0.25, 0.3) is 0 Å². The van der Waals surface area contributed by atoms with Gasteiger partial charge in [-0.3, -0.25) is 4.11 Å². The zero-order valence-corrected chi connectivity index (χ0v) is 6.52. The van der Waals surface area contributed by atoms with Crippen LogP contribution in [0.25, 0.3) is 0 Å². The van der Waals surface area contributed by atoms with Gasteiger partial charge in [0.2, 0.25) is 0 Å². The molecule has 0 heterocycles. The molecule has 0 aromatic heterocycles. The van der Waals surface area contributed by atoms with Gasteiger partial charge in [-0.2, -0.15) is 0 Å². The SMILES string of the molecule is C[SiH](F)O[SiH3]. The van der Waals surface area contributed by atoms with Gasteiger partial charge in [0, 0.05) is 0 Å². The van der Waals surface area contributed by atoms with Gasteiger partial charge in [-0.25, -0.2) is 0 Å². The lowest BCUT2D eigenvalue weighted by Gasteiger charge is -1.88. The highest BCUT2D eigenvalue weighted by atomic mass is 28.4. The highest BCUT2D eigenvalue weighted by Gasteiger charge is 1.90. The maximum atomic E-state index is 11.4. The van der Waals surface area contributed by atoms with E-state index in [9.17, 15) is 4.11 Å². The van der Waals surface area contributed by atoms with Crippen molar-refractivity contribution in [1.29, 1.82) is 0 Å². The van der Waals surface area contributed by atoms with Crippen LogP contribution in [0.15, 0.2) is 0 Å². The van der Waals surface area contributed by atoms with Gasteiger partial charge in [-0.1, -0.05) is 0 Å².